The lowest BCUT2D eigenvalue weighted by Gasteiger charge is -2.29. The molecule has 0 aromatic carbocycles. The van der Waals surface area contributed by atoms with Crippen LogP contribution in [0, 0.1) is 0 Å². The van der Waals surface area contributed by atoms with Crippen LogP contribution < -0.4 is 5.73 Å². The number of primary amides is 1. The van der Waals surface area contributed by atoms with Gasteiger partial charge >= 0.3 is 0 Å². The first-order valence-corrected chi connectivity index (χ1v) is 6.75. The first-order valence-electron chi connectivity index (χ1n) is 6.22. The average Bonchev–Trinajstić information content (AvgIpc) is 2.76. The molecule has 19 heavy (non-hydrogen) atoms. The Hall–Kier alpha value is -1.62. The van der Waals surface area contributed by atoms with Crippen LogP contribution in [0.2, 0.25) is 0 Å². The molecule has 0 aliphatic carbocycles. The fourth-order valence-electron chi connectivity index (χ4n) is 2.23. The Balaban J connectivity index is 2.75. The molecular formula is C13H17ClN4O. The number of pyridine rings is 1. The number of aromatic nitrogens is 3. The van der Waals surface area contributed by atoms with Crippen molar-refractivity contribution in [3.05, 3.63) is 24.3 Å². The van der Waals surface area contributed by atoms with Crippen LogP contribution in [0.3, 0.4) is 0 Å². The molecule has 2 heterocycles. The number of halogens is 1. The normalized spacial score (nSPS) is 14.5. The topological polar surface area (TPSA) is 73.8 Å². The molecule has 1 unspecified atom stereocenters. The highest BCUT2D eigenvalue weighted by molar-refractivity contribution is 6.17. The summed E-state index contributed by atoms with van der Waals surface area (Å²) in [5, 5.41) is 0. The molecular weight excluding hydrogens is 264 g/mol. The number of amides is 1. The maximum Gasteiger partial charge on any atom is 0.243 e. The average molecular weight is 281 g/mol. The lowest BCUT2D eigenvalue weighted by Crippen LogP contribution is -2.44. The highest BCUT2D eigenvalue weighted by atomic mass is 35.5. The number of imidazole rings is 1. The third-order valence-corrected chi connectivity index (χ3v) is 3.75. The Morgan fingerprint density at radius 3 is 2.89 bits per heavy atom. The van der Waals surface area contributed by atoms with Crippen LogP contribution in [0.15, 0.2) is 18.5 Å². The molecule has 102 valence electrons. The largest absolute Gasteiger partial charge is 0.368 e. The van der Waals surface area contributed by atoms with E-state index in [-0.39, 0.29) is 5.91 Å². The predicted molar refractivity (Wildman–Crippen MR) is 75.1 cm³/mol. The zero-order valence-corrected chi connectivity index (χ0v) is 11.8. The van der Waals surface area contributed by atoms with Crippen molar-refractivity contribution in [2.75, 3.05) is 5.88 Å². The maximum absolute atomic E-state index is 11.9. The molecule has 2 rings (SSSR count). The summed E-state index contributed by atoms with van der Waals surface area (Å²) in [6.45, 7) is 3.76. The first kappa shape index (κ1) is 13.8. The highest BCUT2D eigenvalue weighted by Gasteiger charge is 2.34. The number of hydrogen-bond acceptors (Lipinski definition) is 3. The maximum atomic E-state index is 11.9. The van der Waals surface area contributed by atoms with Gasteiger partial charge < -0.3 is 10.3 Å². The summed E-state index contributed by atoms with van der Waals surface area (Å²) < 4.78 is 1.90. The third-order valence-electron chi connectivity index (χ3n) is 3.56. The van der Waals surface area contributed by atoms with Crippen molar-refractivity contribution in [2.24, 2.45) is 5.73 Å². The van der Waals surface area contributed by atoms with Crippen molar-refractivity contribution in [1.29, 1.82) is 0 Å². The molecule has 5 nitrogen and oxygen atoms in total. The summed E-state index contributed by atoms with van der Waals surface area (Å²) in [6, 6.07) is 1.84. The predicted octanol–water partition coefficient (Wildman–Crippen LogP) is 1.82. The Morgan fingerprint density at radius 1 is 1.58 bits per heavy atom. The van der Waals surface area contributed by atoms with Crippen LogP contribution in [0.4, 0.5) is 0 Å². The van der Waals surface area contributed by atoms with Crippen molar-refractivity contribution < 1.29 is 4.79 Å². The second-order valence-electron chi connectivity index (χ2n) is 4.66. The molecule has 0 radical (unpaired) electrons. The summed E-state index contributed by atoms with van der Waals surface area (Å²) in [7, 11) is 0. The first-order chi connectivity index (χ1) is 9.04. The molecule has 0 fully saturated rings. The van der Waals surface area contributed by atoms with Gasteiger partial charge in [-0.25, -0.2) is 4.98 Å². The van der Waals surface area contributed by atoms with Gasteiger partial charge in [-0.1, -0.05) is 6.92 Å². The number of hydrogen-bond donors (Lipinski definition) is 1. The molecule has 0 bridgehead atoms. The molecule has 1 atom stereocenters. The van der Waals surface area contributed by atoms with E-state index in [0.29, 0.717) is 18.7 Å². The lowest BCUT2D eigenvalue weighted by molar-refractivity contribution is -0.125. The van der Waals surface area contributed by atoms with E-state index < -0.39 is 5.54 Å². The molecule has 0 spiro atoms. The highest BCUT2D eigenvalue weighted by Crippen LogP contribution is 2.28. The van der Waals surface area contributed by atoms with Gasteiger partial charge in [0.25, 0.3) is 0 Å². The van der Waals surface area contributed by atoms with E-state index in [1.165, 1.54) is 0 Å². The number of carbonyl (C=O) groups is 1. The van der Waals surface area contributed by atoms with E-state index in [2.05, 4.69) is 9.97 Å². The van der Waals surface area contributed by atoms with E-state index in [0.717, 1.165) is 16.9 Å². The molecule has 0 aliphatic rings. The van der Waals surface area contributed by atoms with Crippen LogP contribution in [-0.2, 0) is 16.8 Å². The van der Waals surface area contributed by atoms with E-state index in [4.69, 9.17) is 17.3 Å². The zero-order valence-electron chi connectivity index (χ0n) is 11.1. The molecule has 0 saturated carbocycles. The van der Waals surface area contributed by atoms with Gasteiger partial charge in [-0.2, -0.15) is 0 Å². The second-order valence-corrected chi connectivity index (χ2v) is 5.04. The van der Waals surface area contributed by atoms with Crippen molar-refractivity contribution in [3.63, 3.8) is 0 Å². The fourth-order valence-corrected chi connectivity index (χ4v) is 2.40. The van der Waals surface area contributed by atoms with Crippen molar-refractivity contribution in [3.8, 4) is 0 Å². The quantitative estimate of drug-likeness (QED) is 0.849. The van der Waals surface area contributed by atoms with E-state index in [1.807, 2.05) is 24.5 Å². The van der Waals surface area contributed by atoms with Crippen LogP contribution in [0.5, 0.6) is 0 Å². The zero-order chi connectivity index (χ0) is 14.0. The summed E-state index contributed by atoms with van der Waals surface area (Å²) >= 11 is 5.82. The van der Waals surface area contributed by atoms with Crippen molar-refractivity contribution in [1.82, 2.24) is 14.5 Å². The SMILES string of the molecule is CCC(C)(C(N)=O)n1c(CCCl)nc2cnccc21. The Morgan fingerprint density at radius 2 is 2.32 bits per heavy atom. The van der Waals surface area contributed by atoms with E-state index >= 15 is 0 Å². The number of nitrogens with zero attached hydrogens (tertiary/aromatic N) is 3. The summed E-state index contributed by atoms with van der Waals surface area (Å²) in [5.74, 6) is 0.832. The van der Waals surface area contributed by atoms with Gasteiger partial charge in [0, 0.05) is 18.5 Å². The van der Waals surface area contributed by atoms with Gasteiger partial charge in [0.1, 0.15) is 16.9 Å². The second kappa shape index (κ2) is 5.17. The third kappa shape index (κ3) is 2.18. The van der Waals surface area contributed by atoms with Crippen LogP contribution in [0.25, 0.3) is 11.0 Å². The summed E-state index contributed by atoms with van der Waals surface area (Å²) in [6.07, 6.45) is 4.53. The molecule has 0 aliphatic heterocycles. The molecule has 2 aromatic rings. The van der Waals surface area contributed by atoms with Crippen molar-refractivity contribution in [2.45, 2.75) is 32.2 Å². The van der Waals surface area contributed by atoms with Crippen LogP contribution in [0.1, 0.15) is 26.1 Å². The number of alkyl halides is 1. The number of rotatable bonds is 5. The molecule has 2 N–H and O–H groups in total. The number of nitrogens with two attached hydrogens (primary N) is 1. The monoisotopic (exact) mass is 280 g/mol. The smallest absolute Gasteiger partial charge is 0.243 e. The minimum atomic E-state index is -0.808. The van der Waals surface area contributed by atoms with Crippen LogP contribution >= 0.6 is 11.6 Å². The lowest BCUT2D eigenvalue weighted by atomic mass is 9.97. The Bertz CT molecular complexity index is 610. The number of aryl methyl sites for hydroxylation is 1. The number of carbonyl (C=O) groups excluding carboxylic acids is 1. The van der Waals surface area contributed by atoms with Gasteiger partial charge in [0.05, 0.1) is 11.7 Å². The van der Waals surface area contributed by atoms with Gasteiger partial charge in [0.15, 0.2) is 0 Å². The number of fused-ring (bicyclic) bond motifs is 1. The van der Waals surface area contributed by atoms with Gasteiger partial charge in [-0.15, -0.1) is 11.6 Å². The fraction of sp³-hybridized carbons (Fsp3) is 0.462. The van der Waals surface area contributed by atoms with E-state index in [1.54, 1.807) is 12.4 Å². The minimum Gasteiger partial charge on any atom is -0.368 e. The standard InChI is InChI=1S/C13H17ClN4O/c1-3-13(2,12(15)19)18-10-5-7-16-8-9(10)17-11(18)4-6-14/h5,7-8H,3-4,6H2,1-2H3,(H2,15,19). The molecule has 1 amide bonds. The van der Waals surface area contributed by atoms with Crippen molar-refractivity contribution >= 4 is 28.5 Å². The van der Waals surface area contributed by atoms with Gasteiger partial charge in [0.2, 0.25) is 5.91 Å². The van der Waals surface area contributed by atoms with Crippen LogP contribution in [-0.4, -0.2) is 26.3 Å². The van der Waals surface area contributed by atoms with Gasteiger partial charge in [-0.05, 0) is 19.4 Å². The molecule has 0 saturated heterocycles. The van der Waals surface area contributed by atoms with Gasteiger partial charge in [-0.3, -0.25) is 9.78 Å². The summed E-state index contributed by atoms with van der Waals surface area (Å²) in [5.41, 5.74) is 6.40. The minimum absolute atomic E-state index is 0.373. The molecule has 6 heteroatoms. The summed E-state index contributed by atoms with van der Waals surface area (Å²) in [4.78, 5) is 20.4. The van der Waals surface area contributed by atoms with E-state index in [9.17, 15) is 4.79 Å². The Labute approximate surface area is 116 Å². The Kier molecular flexibility index (Phi) is 3.75. The molecule has 2 aromatic heterocycles.